The molecule has 7 heteroatoms. The first-order chi connectivity index (χ1) is 12.9. The van der Waals surface area contributed by atoms with E-state index in [-0.39, 0.29) is 12.5 Å². The minimum Gasteiger partial charge on any atom is -0.616 e. The van der Waals surface area contributed by atoms with Crippen LogP contribution in [0.25, 0.3) is 11.1 Å². The first-order valence-electron chi connectivity index (χ1n) is 8.60. The molecule has 0 bridgehead atoms. The molecule has 27 heavy (non-hydrogen) atoms. The van der Waals surface area contributed by atoms with Crippen LogP contribution in [0.1, 0.15) is 25.3 Å². The van der Waals surface area contributed by atoms with Gasteiger partial charge in [0.2, 0.25) is 4.75 Å². The third kappa shape index (κ3) is 4.16. The van der Waals surface area contributed by atoms with Crippen molar-refractivity contribution in [1.29, 1.82) is 0 Å². The van der Waals surface area contributed by atoms with E-state index < -0.39 is 21.8 Å². The summed E-state index contributed by atoms with van der Waals surface area (Å²) in [5, 5.41) is 13.1. The molecule has 3 atom stereocenters. The molecule has 0 fully saturated rings. The predicted molar refractivity (Wildman–Crippen MR) is 105 cm³/mol. The summed E-state index contributed by atoms with van der Waals surface area (Å²) in [5.74, 6) is -0.687. The Morgan fingerprint density at radius 1 is 1.22 bits per heavy atom. The highest BCUT2D eigenvalue weighted by molar-refractivity contribution is 7.92. The number of carbonyl (C=O) groups excluding carboxylic acids is 1. The monoisotopic (exact) mass is 386 g/mol. The lowest BCUT2D eigenvalue weighted by Gasteiger charge is -2.29. The van der Waals surface area contributed by atoms with E-state index in [1.54, 1.807) is 12.4 Å². The third-order valence-electron chi connectivity index (χ3n) is 4.89. The van der Waals surface area contributed by atoms with Crippen molar-refractivity contribution < 1.29 is 19.4 Å². The fraction of sp³-hybridized carbons (Fsp3) is 0.300. The highest BCUT2D eigenvalue weighted by Crippen LogP contribution is 2.30. The lowest BCUT2D eigenvalue weighted by atomic mass is 9.95. The Labute approximate surface area is 161 Å². The number of benzene rings is 2. The average molecular weight is 386 g/mol. The molecule has 0 spiro atoms. The van der Waals surface area contributed by atoms with Crippen LogP contribution in [0.4, 0.5) is 0 Å². The summed E-state index contributed by atoms with van der Waals surface area (Å²) in [6.07, 6.45) is 1.77. The van der Waals surface area contributed by atoms with Crippen LogP contribution in [0.2, 0.25) is 0 Å². The zero-order valence-corrected chi connectivity index (χ0v) is 16.0. The second-order valence-electron chi connectivity index (χ2n) is 6.74. The number of nitrogens with zero attached hydrogens (tertiary/aromatic N) is 1. The molecule has 1 amide bonds. The van der Waals surface area contributed by atoms with E-state index in [1.165, 1.54) is 6.26 Å². The van der Waals surface area contributed by atoms with Crippen LogP contribution in [-0.2, 0) is 20.8 Å². The van der Waals surface area contributed by atoms with Crippen LogP contribution in [0.3, 0.4) is 0 Å². The first kappa shape index (κ1) is 19.4. The number of nitrogens with one attached hydrogen (secondary N) is 1. The summed E-state index contributed by atoms with van der Waals surface area (Å²) in [6.45, 7) is 1.55. The van der Waals surface area contributed by atoms with Crippen LogP contribution in [0, 0.1) is 0 Å². The molecule has 0 radical (unpaired) electrons. The SMILES string of the molecule is C[S+]([O-])C(C)(CC1CC(c2ccc(-c3ccccc3)cc2)=NO1)C(=O)NO. The molecule has 3 unspecified atom stereocenters. The molecule has 0 saturated heterocycles. The smallest absolute Gasteiger partial charge is 0.299 e. The molecule has 1 aliphatic rings. The van der Waals surface area contributed by atoms with Gasteiger partial charge in [-0.15, -0.1) is 0 Å². The van der Waals surface area contributed by atoms with E-state index in [1.807, 2.05) is 42.5 Å². The lowest BCUT2D eigenvalue weighted by Crippen LogP contribution is -2.51. The number of oxime groups is 1. The Kier molecular flexibility index (Phi) is 5.84. The van der Waals surface area contributed by atoms with Gasteiger partial charge < -0.3 is 9.39 Å². The van der Waals surface area contributed by atoms with Crippen LogP contribution >= 0.6 is 0 Å². The van der Waals surface area contributed by atoms with Gasteiger partial charge in [-0.05, 0) is 34.8 Å². The zero-order chi connectivity index (χ0) is 19.4. The van der Waals surface area contributed by atoms with Gasteiger partial charge in [0, 0.05) is 12.8 Å². The largest absolute Gasteiger partial charge is 0.616 e. The Bertz CT molecular complexity index is 824. The highest BCUT2D eigenvalue weighted by Gasteiger charge is 2.46. The van der Waals surface area contributed by atoms with Crippen molar-refractivity contribution >= 4 is 22.8 Å². The summed E-state index contributed by atoms with van der Waals surface area (Å²) in [6, 6.07) is 18.1. The normalized spacial score (nSPS) is 19.6. The van der Waals surface area contributed by atoms with Crippen molar-refractivity contribution in [2.24, 2.45) is 5.16 Å². The molecule has 3 rings (SSSR count). The molecule has 1 aliphatic heterocycles. The Morgan fingerprint density at radius 2 is 1.81 bits per heavy atom. The number of hydroxylamine groups is 1. The van der Waals surface area contributed by atoms with Gasteiger partial charge >= 0.3 is 0 Å². The quantitative estimate of drug-likeness (QED) is 0.453. The second kappa shape index (κ2) is 8.12. The number of rotatable bonds is 6. The zero-order valence-electron chi connectivity index (χ0n) is 15.2. The fourth-order valence-electron chi connectivity index (χ4n) is 3.09. The van der Waals surface area contributed by atoms with Crippen LogP contribution < -0.4 is 5.48 Å². The van der Waals surface area contributed by atoms with Gasteiger partial charge in [0.1, 0.15) is 6.10 Å². The van der Waals surface area contributed by atoms with E-state index in [4.69, 9.17) is 10.0 Å². The topological polar surface area (TPSA) is 94.0 Å². The lowest BCUT2D eigenvalue weighted by molar-refractivity contribution is -0.132. The summed E-state index contributed by atoms with van der Waals surface area (Å²) in [4.78, 5) is 17.4. The van der Waals surface area contributed by atoms with Crippen molar-refractivity contribution in [3.63, 3.8) is 0 Å². The van der Waals surface area contributed by atoms with E-state index >= 15 is 0 Å². The maximum absolute atomic E-state index is 12.0. The van der Waals surface area contributed by atoms with E-state index in [0.717, 1.165) is 22.4 Å². The number of amides is 1. The summed E-state index contributed by atoms with van der Waals surface area (Å²) >= 11 is -1.48. The van der Waals surface area contributed by atoms with Gasteiger partial charge in [0.15, 0.2) is 0 Å². The van der Waals surface area contributed by atoms with Crippen molar-refractivity contribution in [1.82, 2.24) is 5.48 Å². The number of hydrogen-bond donors (Lipinski definition) is 2. The predicted octanol–water partition coefficient (Wildman–Crippen LogP) is 2.88. The van der Waals surface area contributed by atoms with Crippen LogP contribution in [-0.4, -0.2) is 38.5 Å². The Balaban J connectivity index is 1.68. The van der Waals surface area contributed by atoms with Gasteiger partial charge in [-0.1, -0.05) is 59.8 Å². The minimum absolute atomic E-state index is 0.192. The van der Waals surface area contributed by atoms with E-state index in [9.17, 15) is 9.35 Å². The minimum atomic E-state index is -1.48. The molecule has 142 valence electrons. The fourth-order valence-corrected chi connectivity index (χ4v) is 3.81. The van der Waals surface area contributed by atoms with Crippen molar-refractivity contribution in [2.45, 2.75) is 30.6 Å². The van der Waals surface area contributed by atoms with Gasteiger partial charge in [-0.3, -0.25) is 10.0 Å². The first-order valence-corrected chi connectivity index (χ1v) is 10.2. The molecule has 2 aromatic carbocycles. The Morgan fingerprint density at radius 3 is 2.41 bits per heavy atom. The maximum Gasteiger partial charge on any atom is 0.299 e. The molecular formula is C20H22N2O4S. The van der Waals surface area contributed by atoms with Crippen molar-refractivity contribution in [3.05, 3.63) is 60.2 Å². The van der Waals surface area contributed by atoms with Gasteiger partial charge in [0.25, 0.3) is 5.91 Å². The Hall–Kier alpha value is -2.35. The van der Waals surface area contributed by atoms with Gasteiger partial charge in [-0.25, -0.2) is 5.48 Å². The molecule has 0 aliphatic carbocycles. The van der Waals surface area contributed by atoms with Crippen molar-refractivity contribution in [2.75, 3.05) is 6.26 Å². The maximum atomic E-state index is 12.0. The van der Waals surface area contributed by atoms with Crippen molar-refractivity contribution in [3.8, 4) is 11.1 Å². The van der Waals surface area contributed by atoms with Crippen LogP contribution in [0.5, 0.6) is 0 Å². The van der Waals surface area contributed by atoms with Gasteiger partial charge in [0.05, 0.1) is 12.0 Å². The molecule has 0 aromatic heterocycles. The molecule has 1 heterocycles. The third-order valence-corrected chi connectivity index (χ3v) is 6.51. The second-order valence-corrected chi connectivity index (χ2v) is 8.55. The summed E-state index contributed by atoms with van der Waals surface area (Å²) in [5.41, 5.74) is 5.59. The number of carbonyl (C=O) groups is 1. The number of hydrogen-bond acceptors (Lipinski definition) is 5. The standard InChI is InChI=1S/C20H22N2O4S/c1-20(27(2)25,19(23)21-24)13-17-12-18(22-26-17)16-10-8-15(9-11-16)14-6-4-3-5-7-14/h3-11,17,24H,12-13H2,1-2H3,(H,21,23). The van der Waals surface area contributed by atoms with E-state index in [0.29, 0.717) is 6.42 Å². The van der Waals surface area contributed by atoms with Crippen LogP contribution in [0.15, 0.2) is 59.8 Å². The molecule has 2 N–H and O–H groups in total. The summed E-state index contributed by atoms with van der Waals surface area (Å²) < 4.78 is 10.8. The summed E-state index contributed by atoms with van der Waals surface area (Å²) in [7, 11) is 0. The van der Waals surface area contributed by atoms with Gasteiger partial charge in [-0.2, -0.15) is 0 Å². The van der Waals surface area contributed by atoms with E-state index in [2.05, 4.69) is 17.3 Å². The average Bonchev–Trinajstić information content (AvgIpc) is 3.16. The molecule has 6 nitrogen and oxygen atoms in total. The molecule has 2 aromatic rings. The molecular weight excluding hydrogens is 364 g/mol. The molecule has 0 saturated carbocycles. The highest BCUT2D eigenvalue weighted by atomic mass is 32.2.